The average Bonchev–Trinajstić information content (AvgIpc) is 2.77. The van der Waals surface area contributed by atoms with E-state index in [9.17, 15) is 0 Å². The number of halogens is 1. The fourth-order valence-corrected chi connectivity index (χ4v) is 3.52. The summed E-state index contributed by atoms with van der Waals surface area (Å²) in [5.41, 5.74) is 3.34. The van der Waals surface area contributed by atoms with Gasteiger partial charge in [-0.3, -0.25) is 0 Å². The molecule has 0 aliphatic heterocycles. The minimum Gasteiger partial charge on any atom is -0.0833 e. The SMILES string of the molecule is CCc1ccc(C(Br)C2(C)CCCC2)cc1. The van der Waals surface area contributed by atoms with Crippen LogP contribution in [-0.2, 0) is 6.42 Å². The van der Waals surface area contributed by atoms with E-state index < -0.39 is 0 Å². The zero-order valence-corrected chi connectivity index (χ0v) is 11.9. The van der Waals surface area contributed by atoms with Crippen molar-refractivity contribution in [1.29, 1.82) is 0 Å². The molecule has 0 nitrogen and oxygen atoms in total. The minimum absolute atomic E-state index is 0.466. The molecule has 2 rings (SSSR count). The molecule has 0 amide bonds. The molecule has 1 atom stereocenters. The van der Waals surface area contributed by atoms with Crippen LogP contribution in [0.15, 0.2) is 24.3 Å². The molecule has 0 bridgehead atoms. The topological polar surface area (TPSA) is 0 Å². The van der Waals surface area contributed by atoms with Gasteiger partial charge in [0.15, 0.2) is 0 Å². The molecule has 0 aromatic heterocycles. The Balaban J connectivity index is 2.16. The molecule has 1 aliphatic rings. The van der Waals surface area contributed by atoms with Gasteiger partial charge >= 0.3 is 0 Å². The number of alkyl halides is 1. The largest absolute Gasteiger partial charge is 0.0833 e. The van der Waals surface area contributed by atoms with E-state index in [0.29, 0.717) is 10.2 Å². The standard InChI is InChI=1S/C15H21Br/c1-3-12-6-8-13(9-7-12)14(16)15(2)10-4-5-11-15/h6-9,14H,3-5,10-11H2,1-2H3. The molecule has 1 heteroatoms. The molecule has 16 heavy (non-hydrogen) atoms. The first-order chi connectivity index (χ1) is 7.65. The van der Waals surface area contributed by atoms with Gasteiger partial charge in [0.2, 0.25) is 0 Å². The molecule has 0 heterocycles. The van der Waals surface area contributed by atoms with E-state index in [1.54, 1.807) is 0 Å². The van der Waals surface area contributed by atoms with Crippen molar-refractivity contribution in [2.45, 2.75) is 50.8 Å². The Kier molecular flexibility index (Phi) is 3.73. The van der Waals surface area contributed by atoms with E-state index in [0.717, 1.165) is 6.42 Å². The highest BCUT2D eigenvalue weighted by molar-refractivity contribution is 9.09. The van der Waals surface area contributed by atoms with Crippen LogP contribution in [0.25, 0.3) is 0 Å². The fraction of sp³-hybridized carbons (Fsp3) is 0.600. The van der Waals surface area contributed by atoms with Gasteiger partial charge in [0.25, 0.3) is 0 Å². The van der Waals surface area contributed by atoms with Gasteiger partial charge in [-0.2, -0.15) is 0 Å². The van der Waals surface area contributed by atoms with Gasteiger partial charge in [-0.05, 0) is 35.8 Å². The van der Waals surface area contributed by atoms with E-state index >= 15 is 0 Å². The molecule has 0 spiro atoms. The maximum Gasteiger partial charge on any atom is 0.0448 e. The van der Waals surface area contributed by atoms with Crippen molar-refractivity contribution in [3.63, 3.8) is 0 Å². The second-order valence-corrected chi connectivity index (χ2v) is 6.23. The summed E-state index contributed by atoms with van der Waals surface area (Å²) < 4.78 is 0. The normalized spacial score (nSPS) is 20.9. The second kappa shape index (κ2) is 4.91. The molecule has 1 aliphatic carbocycles. The number of hydrogen-bond donors (Lipinski definition) is 0. The second-order valence-electron chi connectivity index (χ2n) is 5.32. The van der Waals surface area contributed by atoms with E-state index in [-0.39, 0.29) is 0 Å². The van der Waals surface area contributed by atoms with Crippen LogP contribution < -0.4 is 0 Å². The lowest BCUT2D eigenvalue weighted by Crippen LogP contribution is -2.17. The fourth-order valence-electron chi connectivity index (χ4n) is 2.76. The molecule has 0 N–H and O–H groups in total. The van der Waals surface area contributed by atoms with Crippen LogP contribution in [0.5, 0.6) is 0 Å². The number of rotatable bonds is 3. The molecule has 1 unspecified atom stereocenters. The molecule has 88 valence electrons. The Morgan fingerprint density at radius 3 is 2.25 bits per heavy atom. The quantitative estimate of drug-likeness (QED) is 0.662. The van der Waals surface area contributed by atoms with Crippen LogP contribution in [-0.4, -0.2) is 0 Å². The van der Waals surface area contributed by atoms with Gasteiger partial charge in [0, 0.05) is 4.83 Å². The monoisotopic (exact) mass is 280 g/mol. The first kappa shape index (κ1) is 12.2. The average molecular weight is 281 g/mol. The van der Waals surface area contributed by atoms with Gasteiger partial charge in [-0.15, -0.1) is 0 Å². The Labute approximate surface area is 108 Å². The summed E-state index contributed by atoms with van der Waals surface area (Å²) >= 11 is 3.92. The zero-order chi connectivity index (χ0) is 11.6. The van der Waals surface area contributed by atoms with Gasteiger partial charge in [-0.25, -0.2) is 0 Å². The molecule has 1 aromatic carbocycles. The van der Waals surface area contributed by atoms with Crippen molar-refractivity contribution in [2.75, 3.05) is 0 Å². The molecule has 0 radical (unpaired) electrons. The molecular weight excluding hydrogens is 260 g/mol. The Morgan fingerprint density at radius 2 is 1.75 bits per heavy atom. The summed E-state index contributed by atoms with van der Waals surface area (Å²) in [4.78, 5) is 0.522. The third-order valence-electron chi connectivity index (χ3n) is 4.04. The zero-order valence-electron chi connectivity index (χ0n) is 10.3. The number of aryl methyl sites for hydroxylation is 1. The van der Waals surface area contributed by atoms with E-state index in [4.69, 9.17) is 0 Å². The van der Waals surface area contributed by atoms with Crippen LogP contribution in [0, 0.1) is 5.41 Å². The van der Waals surface area contributed by atoms with Crippen molar-refractivity contribution < 1.29 is 0 Å². The first-order valence-electron chi connectivity index (χ1n) is 6.38. The molecule has 1 aromatic rings. The smallest absolute Gasteiger partial charge is 0.0448 e. The highest BCUT2D eigenvalue weighted by Crippen LogP contribution is 2.51. The Hall–Kier alpha value is -0.300. The van der Waals surface area contributed by atoms with Gasteiger partial charge in [0.1, 0.15) is 0 Å². The maximum atomic E-state index is 3.92. The van der Waals surface area contributed by atoms with Gasteiger partial charge in [0.05, 0.1) is 0 Å². The van der Waals surface area contributed by atoms with Crippen molar-refractivity contribution >= 4 is 15.9 Å². The van der Waals surface area contributed by atoms with Gasteiger partial charge < -0.3 is 0 Å². The molecular formula is C15H21Br. The number of hydrogen-bond acceptors (Lipinski definition) is 0. The van der Waals surface area contributed by atoms with Crippen LogP contribution in [0.4, 0.5) is 0 Å². The maximum absolute atomic E-state index is 3.92. The number of benzene rings is 1. The van der Waals surface area contributed by atoms with E-state index in [2.05, 4.69) is 54.0 Å². The predicted molar refractivity (Wildman–Crippen MR) is 74.1 cm³/mol. The van der Waals surface area contributed by atoms with E-state index in [1.165, 1.54) is 36.8 Å². The van der Waals surface area contributed by atoms with Gasteiger partial charge in [-0.1, -0.05) is 66.9 Å². The lowest BCUT2D eigenvalue weighted by molar-refractivity contribution is 0.331. The Bertz CT molecular complexity index is 333. The van der Waals surface area contributed by atoms with Crippen LogP contribution in [0.1, 0.15) is 55.5 Å². The lowest BCUT2D eigenvalue weighted by Gasteiger charge is -2.30. The first-order valence-corrected chi connectivity index (χ1v) is 7.30. The Morgan fingerprint density at radius 1 is 1.19 bits per heavy atom. The summed E-state index contributed by atoms with van der Waals surface area (Å²) in [5.74, 6) is 0. The summed E-state index contributed by atoms with van der Waals surface area (Å²) in [6.07, 6.45) is 6.64. The highest BCUT2D eigenvalue weighted by Gasteiger charge is 2.36. The highest BCUT2D eigenvalue weighted by atomic mass is 79.9. The minimum atomic E-state index is 0.466. The van der Waals surface area contributed by atoms with Crippen molar-refractivity contribution in [2.24, 2.45) is 5.41 Å². The summed E-state index contributed by atoms with van der Waals surface area (Å²) in [5, 5.41) is 0. The molecule has 1 saturated carbocycles. The van der Waals surface area contributed by atoms with Crippen molar-refractivity contribution in [1.82, 2.24) is 0 Å². The summed E-state index contributed by atoms with van der Waals surface area (Å²) in [6.45, 7) is 4.63. The third-order valence-corrected chi connectivity index (χ3v) is 5.67. The lowest BCUT2D eigenvalue weighted by atomic mass is 9.82. The van der Waals surface area contributed by atoms with Crippen LogP contribution in [0.3, 0.4) is 0 Å². The summed E-state index contributed by atoms with van der Waals surface area (Å²) in [6, 6.07) is 9.12. The third kappa shape index (κ3) is 2.34. The van der Waals surface area contributed by atoms with Crippen LogP contribution >= 0.6 is 15.9 Å². The van der Waals surface area contributed by atoms with Crippen molar-refractivity contribution in [3.8, 4) is 0 Å². The molecule has 1 fully saturated rings. The predicted octanol–water partition coefficient (Wildman–Crippen LogP) is 5.27. The van der Waals surface area contributed by atoms with Crippen LogP contribution in [0.2, 0.25) is 0 Å². The van der Waals surface area contributed by atoms with Crippen molar-refractivity contribution in [3.05, 3.63) is 35.4 Å². The van der Waals surface area contributed by atoms with E-state index in [1.807, 2.05) is 0 Å². The molecule has 0 saturated heterocycles. The summed E-state index contributed by atoms with van der Waals surface area (Å²) in [7, 11) is 0.